The minimum atomic E-state index is 0.712. The zero-order chi connectivity index (χ0) is 11.8. The van der Waals surface area contributed by atoms with Gasteiger partial charge >= 0.3 is 0 Å². The summed E-state index contributed by atoms with van der Waals surface area (Å²) in [5.41, 5.74) is 2.92. The molecule has 1 fully saturated rings. The van der Waals surface area contributed by atoms with Crippen molar-refractivity contribution in [2.24, 2.45) is 0 Å². The second-order valence-corrected chi connectivity index (χ2v) is 6.38. The summed E-state index contributed by atoms with van der Waals surface area (Å²) >= 11 is 6.96. The molecule has 17 heavy (non-hydrogen) atoms. The van der Waals surface area contributed by atoms with Gasteiger partial charge < -0.3 is 0 Å². The van der Waals surface area contributed by atoms with Crippen LogP contribution in [-0.4, -0.2) is 0 Å². The molecule has 0 aromatic heterocycles. The minimum absolute atomic E-state index is 0.712. The van der Waals surface area contributed by atoms with Crippen molar-refractivity contribution < 1.29 is 0 Å². The summed E-state index contributed by atoms with van der Waals surface area (Å²) < 4.78 is 2.31. The van der Waals surface area contributed by atoms with Gasteiger partial charge in [-0.1, -0.05) is 56.1 Å². The molecule has 0 amide bonds. The summed E-state index contributed by atoms with van der Waals surface area (Å²) in [6.45, 7) is 0. The van der Waals surface area contributed by atoms with Gasteiger partial charge in [0.1, 0.15) is 0 Å². The summed E-state index contributed by atoms with van der Waals surface area (Å²) in [7, 11) is 0. The lowest BCUT2D eigenvalue weighted by atomic mass is 10.0. The summed E-state index contributed by atoms with van der Waals surface area (Å²) in [4.78, 5) is 0. The van der Waals surface area contributed by atoms with E-state index >= 15 is 0 Å². The highest BCUT2D eigenvalue weighted by atomic mass is 79.9. The van der Waals surface area contributed by atoms with E-state index in [0.29, 0.717) is 11.8 Å². The predicted molar refractivity (Wildman–Crippen MR) is 78.4 cm³/mol. The summed E-state index contributed by atoms with van der Waals surface area (Å²) in [6.07, 6.45) is 1.28. The molecular weight excluding hydrogens is 340 g/mol. The highest BCUT2D eigenvalue weighted by Crippen LogP contribution is 2.54. The van der Waals surface area contributed by atoms with Crippen LogP contribution in [0.2, 0.25) is 0 Å². The SMILES string of the molecule is Brc1ccc([C@H]2C[C@H]2c2ccc(Br)cc2)cc1. The summed E-state index contributed by atoms with van der Waals surface area (Å²) in [5, 5.41) is 0. The van der Waals surface area contributed by atoms with E-state index in [9.17, 15) is 0 Å². The molecule has 0 N–H and O–H groups in total. The first-order valence-corrected chi connectivity index (χ1v) is 7.33. The molecule has 2 heteroatoms. The van der Waals surface area contributed by atoms with Gasteiger partial charge in [-0.25, -0.2) is 0 Å². The predicted octanol–water partition coefficient (Wildman–Crippen LogP) is 5.48. The van der Waals surface area contributed by atoms with E-state index in [2.05, 4.69) is 80.4 Å². The molecular formula is C15H12Br2. The second kappa shape index (κ2) is 4.58. The molecule has 1 aliphatic carbocycles. The Hall–Kier alpha value is -0.600. The monoisotopic (exact) mass is 350 g/mol. The van der Waals surface area contributed by atoms with E-state index in [4.69, 9.17) is 0 Å². The maximum Gasteiger partial charge on any atom is 0.0175 e. The maximum absolute atomic E-state index is 3.48. The lowest BCUT2D eigenvalue weighted by Gasteiger charge is -2.02. The molecule has 2 atom stereocenters. The van der Waals surface area contributed by atoms with Crippen LogP contribution in [0.1, 0.15) is 29.4 Å². The quantitative estimate of drug-likeness (QED) is 0.671. The fraction of sp³-hybridized carbons (Fsp3) is 0.200. The first kappa shape index (κ1) is 11.5. The Balaban J connectivity index is 1.78. The van der Waals surface area contributed by atoms with Gasteiger partial charge in [0.15, 0.2) is 0 Å². The number of hydrogen-bond donors (Lipinski definition) is 0. The molecule has 2 aromatic rings. The van der Waals surface area contributed by atoms with Crippen LogP contribution in [0, 0.1) is 0 Å². The molecule has 0 unspecified atom stereocenters. The standard InChI is InChI=1S/C15H12Br2/c16-12-5-1-10(2-6-12)14-9-15(14)11-3-7-13(17)8-4-11/h1-8,14-15H,9H2/t14-,15+. The van der Waals surface area contributed by atoms with E-state index in [-0.39, 0.29) is 0 Å². The molecule has 3 rings (SSSR count). The van der Waals surface area contributed by atoms with Crippen molar-refractivity contribution in [2.45, 2.75) is 18.3 Å². The van der Waals surface area contributed by atoms with Crippen LogP contribution in [0.3, 0.4) is 0 Å². The highest BCUT2D eigenvalue weighted by molar-refractivity contribution is 9.10. The molecule has 0 radical (unpaired) electrons. The Morgan fingerprint density at radius 1 is 0.647 bits per heavy atom. The minimum Gasteiger partial charge on any atom is -0.0576 e. The Morgan fingerprint density at radius 3 is 1.35 bits per heavy atom. The van der Waals surface area contributed by atoms with Crippen molar-refractivity contribution in [1.29, 1.82) is 0 Å². The maximum atomic E-state index is 3.48. The Labute approximate surface area is 118 Å². The molecule has 2 aromatic carbocycles. The smallest absolute Gasteiger partial charge is 0.0175 e. The third-order valence-electron chi connectivity index (χ3n) is 3.39. The topological polar surface area (TPSA) is 0 Å². The summed E-state index contributed by atoms with van der Waals surface area (Å²) in [6, 6.07) is 17.4. The first-order chi connectivity index (χ1) is 8.24. The molecule has 0 nitrogen and oxygen atoms in total. The molecule has 1 aliphatic rings. The van der Waals surface area contributed by atoms with Crippen LogP contribution in [0.4, 0.5) is 0 Å². The van der Waals surface area contributed by atoms with E-state index in [1.54, 1.807) is 0 Å². The number of hydrogen-bond acceptors (Lipinski definition) is 0. The van der Waals surface area contributed by atoms with Crippen molar-refractivity contribution in [2.75, 3.05) is 0 Å². The first-order valence-electron chi connectivity index (χ1n) is 5.75. The third-order valence-corrected chi connectivity index (χ3v) is 4.44. The number of benzene rings is 2. The third kappa shape index (κ3) is 2.48. The largest absolute Gasteiger partial charge is 0.0576 e. The van der Waals surface area contributed by atoms with Crippen molar-refractivity contribution >= 4 is 31.9 Å². The normalized spacial score (nSPS) is 22.5. The Kier molecular flexibility index (Phi) is 3.10. The average Bonchev–Trinajstić information content (AvgIpc) is 3.11. The fourth-order valence-corrected chi connectivity index (χ4v) is 2.88. The summed E-state index contributed by atoms with van der Waals surface area (Å²) in [5.74, 6) is 1.42. The van der Waals surface area contributed by atoms with Crippen LogP contribution in [-0.2, 0) is 0 Å². The zero-order valence-electron chi connectivity index (χ0n) is 9.24. The highest BCUT2D eigenvalue weighted by Gasteiger charge is 2.39. The zero-order valence-corrected chi connectivity index (χ0v) is 12.4. The van der Waals surface area contributed by atoms with Crippen LogP contribution >= 0.6 is 31.9 Å². The molecule has 0 heterocycles. The van der Waals surface area contributed by atoms with Crippen LogP contribution in [0.15, 0.2) is 57.5 Å². The van der Waals surface area contributed by atoms with Crippen LogP contribution in [0.5, 0.6) is 0 Å². The Bertz CT molecular complexity index is 464. The molecule has 1 saturated carbocycles. The van der Waals surface area contributed by atoms with Gasteiger partial charge in [-0.05, 0) is 53.6 Å². The van der Waals surface area contributed by atoms with Gasteiger partial charge in [-0.3, -0.25) is 0 Å². The molecule has 0 bridgehead atoms. The van der Waals surface area contributed by atoms with Gasteiger partial charge in [0.25, 0.3) is 0 Å². The van der Waals surface area contributed by atoms with E-state index in [0.717, 1.165) is 8.95 Å². The fourth-order valence-electron chi connectivity index (χ4n) is 2.35. The Morgan fingerprint density at radius 2 is 1.00 bits per heavy atom. The average molecular weight is 352 g/mol. The number of halogens is 2. The van der Waals surface area contributed by atoms with Crippen molar-refractivity contribution in [3.63, 3.8) is 0 Å². The number of rotatable bonds is 2. The molecule has 0 aliphatic heterocycles. The lowest BCUT2D eigenvalue weighted by Crippen LogP contribution is -1.84. The molecule has 86 valence electrons. The van der Waals surface area contributed by atoms with Gasteiger partial charge in [-0.15, -0.1) is 0 Å². The van der Waals surface area contributed by atoms with Gasteiger partial charge in [0.2, 0.25) is 0 Å². The van der Waals surface area contributed by atoms with Crippen LogP contribution < -0.4 is 0 Å². The van der Waals surface area contributed by atoms with E-state index in [1.165, 1.54) is 17.5 Å². The van der Waals surface area contributed by atoms with Gasteiger partial charge in [0.05, 0.1) is 0 Å². The molecule has 0 spiro atoms. The van der Waals surface area contributed by atoms with Crippen LogP contribution in [0.25, 0.3) is 0 Å². The van der Waals surface area contributed by atoms with E-state index < -0.39 is 0 Å². The lowest BCUT2D eigenvalue weighted by molar-refractivity contribution is 1.03. The van der Waals surface area contributed by atoms with E-state index in [1.807, 2.05) is 0 Å². The second-order valence-electron chi connectivity index (χ2n) is 4.55. The van der Waals surface area contributed by atoms with Gasteiger partial charge in [-0.2, -0.15) is 0 Å². The van der Waals surface area contributed by atoms with Gasteiger partial charge in [0, 0.05) is 8.95 Å². The van der Waals surface area contributed by atoms with Crippen molar-refractivity contribution in [1.82, 2.24) is 0 Å². The van der Waals surface area contributed by atoms with Crippen molar-refractivity contribution in [3.8, 4) is 0 Å². The van der Waals surface area contributed by atoms with Crippen molar-refractivity contribution in [3.05, 3.63) is 68.6 Å². The molecule has 0 saturated heterocycles.